The Morgan fingerprint density at radius 3 is 1.83 bits per heavy atom. The van der Waals surface area contributed by atoms with Crippen LogP contribution in [0.1, 0.15) is 12.5 Å². The number of nitrogens with two attached hydrogens (primary N) is 2. The van der Waals surface area contributed by atoms with Gasteiger partial charge in [-0.05, 0) is 0 Å². The van der Waals surface area contributed by atoms with Gasteiger partial charge in [-0.3, -0.25) is 18.3 Å². The van der Waals surface area contributed by atoms with Gasteiger partial charge < -0.3 is 68.6 Å². The number of aromatic nitrogens is 8. The minimum Gasteiger partial charge on any atom is -0.660 e. The van der Waals surface area contributed by atoms with Gasteiger partial charge in [-0.15, -0.1) is 0 Å². The molecule has 19 nitrogen and oxygen atoms in total. The quantitative estimate of drug-likeness (QED) is 0.0986. The molecule has 3 aliphatic heterocycles. The molecule has 3 aliphatic rings. The summed E-state index contributed by atoms with van der Waals surface area (Å²) in [5.41, 5.74) is 12.5. The van der Waals surface area contributed by atoms with E-state index in [1.807, 2.05) is 0 Å². The van der Waals surface area contributed by atoms with Crippen molar-refractivity contribution in [3.05, 3.63) is 25.3 Å². The zero-order valence-corrected chi connectivity index (χ0v) is 31.3. The van der Waals surface area contributed by atoms with Crippen molar-refractivity contribution in [2.75, 3.05) is 24.7 Å². The minimum absolute atomic E-state index is 0. The molecule has 0 aromatic carbocycles. The Morgan fingerprint density at radius 1 is 0.783 bits per heavy atom. The first-order chi connectivity index (χ1) is 20.9. The van der Waals surface area contributed by atoms with Crippen LogP contribution in [0.15, 0.2) is 25.3 Å². The summed E-state index contributed by atoms with van der Waals surface area (Å²) < 4.78 is 78.9. The molecule has 3 saturated heterocycles. The fourth-order valence-electron chi connectivity index (χ4n) is 5.17. The van der Waals surface area contributed by atoms with Crippen molar-refractivity contribution in [3.8, 4) is 0 Å². The number of ether oxygens (including phenoxy) is 2. The minimum atomic E-state index is -4.48. The number of anilines is 2. The molecule has 0 spiro atoms. The third-order valence-corrected chi connectivity index (χ3v) is 10.3. The Hall–Kier alpha value is -0.490. The van der Waals surface area contributed by atoms with E-state index in [2.05, 4.69) is 29.9 Å². The zero-order valence-electron chi connectivity index (χ0n) is 23.9. The van der Waals surface area contributed by atoms with Crippen molar-refractivity contribution in [3.63, 3.8) is 0 Å². The Balaban J connectivity index is 0.00000208. The van der Waals surface area contributed by atoms with E-state index in [0.29, 0.717) is 0 Å². The number of fused-ring (bicyclic) bond motifs is 5. The molecule has 2 bridgehead atoms. The monoisotopic (exact) mass is 736 g/mol. The molecule has 10 unspecified atom stereocenters. The van der Waals surface area contributed by atoms with Gasteiger partial charge in [-0.2, -0.15) is 0 Å². The summed E-state index contributed by atoms with van der Waals surface area (Å²) in [5, 5.41) is 11.1. The molecule has 4 aromatic heterocycles. The number of alkyl halides is 1. The summed E-state index contributed by atoms with van der Waals surface area (Å²) in [6.45, 7) is -10.2. The molecular formula is C20H21FN10Na2O9P2S2. The second-order valence-corrected chi connectivity index (χ2v) is 15.3. The van der Waals surface area contributed by atoms with Crippen LogP contribution in [0.2, 0.25) is 0 Å². The second kappa shape index (κ2) is 14.0. The van der Waals surface area contributed by atoms with Gasteiger partial charge in [0.05, 0.1) is 25.9 Å². The van der Waals surface area contributed by atoms with E-state index in [9.17, 15) is 14.2 Å². The molecule has 5 N–H and O–H groups in total. The number of hydrogen-bond acceptors (Lipinski definition) is 19. The zero-order chi connectivity index (χ0) is 31.0. The van der Waals surface area contributed by atoms with Gasteiger partial charge in [-0.1, -0.05) is 0 Å². The number of hydrogen-bond donors (Lipinski definition) is 3. The Labute approximate surface area is 313 Å². The fourth-order valence-corrected chi connectivity index (χ4v) is 7.99. The van der Waals surface area contributed by atoms with Crippen molar-refractivity contribution in [2.24, 2.45) is 0 Å². The Kier molecular flexibility index (Phi) is 11.2. The number of imidazole rings is 2. The van der Waals surface area contributed by atoms with E-state index >= 15 is 4.39 Å². The Morgan fingerprint density at radius 2 is 1.26 bits per heavy atom. The van der Waals surface area contributed by atoms with Gasteiger partial charge in [0.1, 0.15) is 54.2 Å². The van der Waals surface area contributed by atoms with Crippen LogP contribution in [0.5, 0.6) is 0 Å². The maximum atomic E-state index is 16.0. The molecule has 0 radical (unpaired) electrons. The van der Waals surface area contributed by atoms with Crippen LogP contribution in [-0.2, 0) is 61.2 Å². The van der Waals surface area contributed by atoms with Crippen LogP contribution >= 0.6 is 13.6 Å². The number of nitrogen functional groups attached to an aromatic ring is 2. The summed E-state index contributed by atoms with van der Waals surface area (Å²) in [6.07, 6.45) is -7.19. The van der Waals surface area contributed by atoms with Gasteiger partial charge >= 0.3 is 59.1 Å². The second-order valence-electron chi connectivity index (χ2n) is 9.86. The van der Waals surface area contributed by atoms with E-state index in [-0.39, 0.29) is 93.1 Å². The van der Waals surface area contributed by atoms with Crippen molar-refractivity contribution in [2.45, 2.75) is 49.1 Å². The number of aliphatic hydroxyl groups excluding tert-OH is 1. The maximum absolute atomic E-state index is 16.0. The number of aliphatic hydroxyl groups is 1. The van der Waals surface area contributed by atoms with Crippen LogP contribution in [0.25, 0.3) is 22.3 Å². The van der Waals surface area contributed by atoms with Crippen molar-refractivity contribution >= 4 is 72.1 Å². The largest absolute Gasteiger partial charge is 1.00 e. The van der Waals surface area contributed by atoms with Gasteiger partial charge in [-0.25, -0.2) is 34.3 Å². The van der Waals surface area contributed by atoms with Crippen molar-refractivity contribution in [1.29, 1.82) is 0 Å². The third-order valence-electron chi connectivity index (χ3n) is 7.20. The van der Waals surface area contributed by atoms with Gasteiger partial charge in [0.15, 0.2) is 48.4 Å². The molecular weight excluding hydrogens is 715 g/mol. The summed E-state index contributed by atoms with van der Waals surface area (Å²) in [4.78, 5) is 24.2. The molecule has 0 amide bonds. The molecule has 10 atom stereocenters. The first kappa shape index (κ1) is 36.8. The molecule has 0 aliphatic carbocycles. The first-order valence-corrected chi connectivity index (χ1v) is 17.8. The van der Waals surface area contributed by atoms with E-state index < -0.39 is 76.0 Å². The molecule has 4 aromatic rings. The average Bonchev–Trinajstić information content (AvgIpc) is 3.73. The van der Waals surface area contributed by atoms with E-state index in [0.717, 1.165) is 6.33 Å². The van der Waals surface area contributed by atoms with Crippen LogP contribution in [0.4, 0.5) is 16.0 Å². The average molecular weight is 737 g/mol. The van der Waals surface area contributed by atoms with E-state index in [1.165, 1.54) is 28.1 Å². The third kappa shape index (κ3) is 6.80. The summed E-state index contributed by atoms with van der Waals surface area (Å²) in [6, 6.07) is 0. The Bertz CT molecular complexity index is 1850. The topological polar surface area (TPSA) is 249 Å². The van der Waals surface area contributed by atoms with Crippen LogP contribution in [0.3, 0.4) is 0 Å². The SMILES string of the molecule is Nc1ncnc2c1ncn2C1OC2COP(=O)([S-])OC3C(O)C(COP(=O)([S-])OC2C1F)OC3n1cnc2c(N)ncnc21.[Na+].[Na+]. The molecule has 3 fully saturated rings. The number of nitrogens with zero attached hydrogens (tertiary/aromatic N) is 8. The molecule has 0 saturated carbocycles. The summed E-state index contributed by atoms with van der Waals surface area (Å²) in [7, 11) is 0. The number of halogens is 1. The van der Waals surface area contributed by atoms with Crippen LogP contribution in [0, 0.1) is 0 Å². The first-order valence-electron chi connectivity index (χ1n) is 12.7. The molecule has 7 rings (SSSR count). The van der Waals surface area contributed by atoms with E-state index in [4.69, 9.17) is 63.5 Å². The number of rotatable bonds is 2. The fraction of sp³-hybridized carbons (Fsp3) is 0.500. The van der Waals surface area contributed by atoms with Crippen molar-refractivity contribution < 1.29 is 105 Å². The predicted molar refractivity (Wildman–Crippen MR) is 150 cm³/mol. The van der Waals surface area contributed by atoms with Crippen LogP contribution < -0.4 is 70.6 Å². The molecule has 46 heavy (non-hydrogen) atoms. The summed E-state index contributed by atoms with van der Waals surface area (Å²) in [5.74, 6) is 0.123. The molecule has 26 heteroatoms. The van der Waals surface area contributed by atoms with E-state index in [1.54, 1.807) is 0 Å². The van der Waals surface area contributed by atoms with Crippen LogP contribution in [-0.4, -0.2) is 94.0 Å². The van der Waals surface area contributed by atoms with Gasteiger partial charge in [0, 0.05) is 0 Å². The molecule has 7 heterocycles. The molecule has 236 valence electrons. The van der Waals surface area contributed by atoms with Gasteiger partial charge in [0.25, 0.3) is 0 Å². The maximum Gasteiger partial charge on any atom is 1.00 e. The van der Waals surface area contributed by atoms with Crippen molar-refractivity contribution in [1.82, 2.24) is 39.0 Å². The van der Waals surface area contributed by atoms with Gasteiger partial charge in [0.2, 0.25) is 6.80 Å². The normalized spacial score (nSPS) is 36.6. The standard InChI is InChI=1S/C20H23FN10O9P2S2.2Na/c21-9-13-8(38-19(9)30-5-28-10-15(22)24-3-26-17(10)30)2-36-42(34,44)40-14-12(32)7(1-35-41(33,43)39-13)37-20(14)31-6-29-11-16(23)25-4-27-18(11)31;;/h3-9,12-14,19-20,32H,1-2H2,(H,33,43)(H,34,44)(H2,22,24,26)(H2,23,25,27);;/q;2*+1/p-2. The smallest absolute Gasteiger partial charge is 0.660 e. The summed E-state index contributed by atoms with van der Waals surface area (Å²) >= 11 is 10.2. The predicted octanol–water partition coefficient (Wildman–Crippen LogP) is -5.54.